The van der Waals surface area contributed by atoms with E-state index in [2.05, 4.69) is 5.09 Å². The molecule has 0 aliphatic carbocycles. The molecule has 2 heterocycles. The van der Waals surface area contributed by atoms with Crippen molar-refractivity contribution in [3.63, 3.8) is 0 Å². The quantitative estimate of drug-likeness (QED) is 0.545. The van der Waals surface area contributed by atoms with Crippen LogP contribution in [0.25, 0.3) is 0 Å². The highest BCUT2D eigenvalue weighted by Gasteiger charge is 2.57. The molecule has 0 aromatic carbocycles. The van der Waals surface area contributed by atoms with E-state index in [9.17, 15) is 8.96 Å². The summed E-state index contributed by atoms with van der Waals surface area (Å²) in [5.41, 5.74) is -1.14. The molecule has 0 saturated carbocycles. The lowest BCUT2D eigenvalue weighted by Gasteiger charge is -2.38. The van der Waals surface area contributed by atoms with Gasteiger partial charge in [0.25, 0.3) is 0 Å². The Morgan fingerprint density at radius 1 is 1.76 bits per heavy atom. The first-order valence-electron chi connectivity index (χ1n) is 5.02. The second kappa shape index (κ2) is 4.85. The van der Waals surface area contributed by atoms with Crippen molar-refractivity contribution in [1.29, 1.82) is 0 Å². The number of hydrogen-bond acceptors (Lipinski definition) is 4. The first-order chi connectivity index (χ1) is 7.90. The van der Waals surface area contributed by atoms with E-state index >= 15 is 0 Å². The van der Waals surface area contributed by atoms with Crippen LogP contribution < -0.4 is 5.09 Å². The third kappa shape index (κ3) is 2.59. The molecule has 1 spiro atoms. The van der Waals surface area contributed by atoms with Crippen molar-refractivity contribution >= 4 is 24.4 Å². The molecule has 96 valence electrons. The lowest BCUT2D eigenvalue weighted by Crippen LogP contribution is -2.55. The molecule has 0 bridgehead atoms. The molecular weight excluding hydrogens is 270 g/mol. The van der Waals surface area contributed by atoms with Gasteiger partial charge in [0.2, 0.25) is 0 Å². The average molecular weight is 283 g/mol. The van der Waals surface area contributed by atoms with Crippen LogP contribution in [0.3, 0.4) is 0 Å². The van der Waals surface area contributed by atoms with Crippen LogP contribution >= 0.6 is 16.6 Å². The zero-order valence-corrected chi connectivity index (χ0v) is 11.0. The van der Waals surface area contributed by atoms with Crippen LogP contribution in [0.4, 0.5) is 4.39 Å². The molecule has 3 unspecified atom stereocenters. The third-order valence-corrected chi connectivity index (χ3v) is 4.33. The van der Waals surface area contributed by atoms with Crippen LogP contribution in [0.1, 0.15) is 0 Å². The van der Waals surface area contributed by atoms with Crippen molar-refractivity contribution in [3.05, 3.63) is 0 Å². The molecule has 10 heteroatoms. The minimum absolute atomic E-state index is 0.0377. The van der Waals surface area contributed by atoms with Gasteiger partial charge < -0.3 is 14.2 Å². The molecule has 2 N–H and O–H groups in total. The highest BCUT2D eigenvalue weighted by Crippen LogP contribution is 2.47. The second-order valence-corrected chi connectivity index (χ2v) is 6.22. The van der Waals surface area contributed by atoms with Gasteiger partial charge in [0.15, 0.2) is 0 Å². The van der Waals surface area contributed by atoms with E-state index in [0.717, 1.165) is 0 Å². The maximum Gasteiger partial charge on any atom is 0.403 e. The summed E-state index contributed by atoms with van der Waals surface area (Å²) in [6.07, 6.45) is -2.38. The maximum absolute atomic E-state index is 13.8. The van der Waals surface area contributed by atoms with Crippen molar-refractivity contribution in [1.82, 2.24) is 5.09 Å². The van der Waals surface area contributed by atoms with Gasteiger partial charge in [-0.2, -0.15) is 0 Å². The fourth-order valence-electron chi connectivity index (χ4n) is 1.95. The standard InChI is InChI=1S/C7H13BFNO5P2/c1-16-15-5-4(9)6(8)14-7(5)2-10-17(11,12)13-3-7/h4-6,16H,2-3H2,1H3,(H2,10,11,12)/t4-,5?,6+,7+/m0/s1. The molecule has 6 nitrogen and oxygen atoms in total. The lowest BCUT2D eigenvalue weighted by molar-refractivity contribution is -0.0899. The van der Waals surface area contributed by atoms with E-state index in [0.29, 0.717) is 0 Å². The van der Waals surface area contributed by atoms with E-state index in [4.69, 9.17) is 26.5 Å². The Hall–Kier alpha value is 0.455. The van der Waals surface area contributed by atoms with Crippen LogP contribution in [0.2, 0.25) is 0 Å². The molecule has 2 aliphatic rings. The van der Waals surface area contributed by atoms with Crippen molar-refractivity contribution < 1.29 is 27.6 Å². The Morgan fingerprint density at radius 2 is 2.47 bits per heavy atom. The third-order valence-electron chi connectivity index (χ3n) is 2.80. The summed E-state index contributed by atoms with van der Waals surface area (Å²) in [4.78, 5) is 9.17. The molecule has 2 radical (unpaired) electrons. The largest absolute Gasteiger partial charge is 0.403 e. The zero-order valence-electron chi connectivity index (χ0n) is 9.13. The van der Waals surface area contributed by atoms with E-state index in [1.165, 1.54) is 0 Å². The molecule has 0 aromatic heterocycles. The van der Waals surface area contributed by atoms with Gasteiger partial charge >= 0.3 is 7.75 Å². The summed E-state index contributed by atoms with van der Waals surface area (Å²) in [6.45, 7) is 1.49. The fraction of sp³-hybridized carbons (Fsp3) is 1.00. The van der Waals surface area contributed by atoms with Crippen molar-refractivity contribution in [3.8, 4) is 0 Å². The van der Waals surface area contributed by atoms with E-state index in [-0.39, 0.29) is 22.0 Å². The summed E-state index contributed by atoms with van der Waals surface area (Å²) >= 11 is 0. The Labute approximate surface area is 101 Å². The molecule has 2 rings (SSSR count). The number of nitrogens with one attached hydrogen (secondary N) is 1. The van der Waals surface area contributed by atoms with E-state index in [1.807, 2.05) is 0 Å². The molecule has 0 amide bonds. The summed E-state index contributed by atoms with van der Waals surface area (Å²) < 4.78 is 40.4. The summed E-state index contributed by atoms with van der Waals surface area (Å²) in [7, 11) is 1.75. The Balaban J connectivity index is 2.16. The minimum atomic E-state index is -3.80. The topological polar surface area (TPSA) is 77.0 Å². The van der Waals surface area contributed by atoms with Crippen molar-refractivity contribution in [2.24, 2.45) is 0 Å². The van der Waals surface area contributed by atoms with Gasteiger partial charge in [0, 0.05) is 15.4 Å². The average Bonchev–Trinajstić information content (AvgIpc) is 2.49. The van der Waals surface area contributed by atoms with Gasteiger partial charge in [-0.05, 0) is 6.66 Å². The normalized spacial score (nSPS) is 51.6. The van der Waals surface area contributed by atoms with Gasteiger partial charge in [0.05, 0.1) is 12.6 Å². The van der Waals surface area contributed by atoms with Crippen LogP contribution in [-0.4, -0.2) is 56.4 Å². The van der Waals surface area contributed by atoms with Crippen LogP contribution in [0.5, 0.6) is 0 Å². The maximum atomic E-state index is 13.8. The number of hydrogen-bond donors (Lipinski definition) is 2. The number of rotatable bonds is 2. The Kier molecular flexibility index (Phi) is 3.96. The smallest absolute Gasteiger partial charge is 0.372 e. The van der Waals surface area contributed by atoms with Crippen LogP contribution in [0, 0.1) is 0 Å². The first kappa shape index (κ1) is 13.9. The van der Waals surface area contributed by atoms with Gasteiger partial charge in [-0.25, -0.2) is 14.0 Å². The zero-order chi connectivity index (χ0) is 12.7. The summed E-state index contributed by atoms with van der Waals surface area (Å²) in [6, 6.07) is -1.11. The molecule has 6 atom stereocenters. The highest BCUT2D eigenvalue weighted by molar-refractivity contribution is 7.50. The van der Waals surface area contributed by atoms with Gasteiger partial charge in [0.1, 0.15) is 25.7 Å². The predicted octanol–water partition coefficient (Wildman–Crippen LogP) is -0.0832. The minimum Gasteiger partial charge on any atom is -0.372 e. The van der Waals surface area contributed by atoms with Crippen LogP contribution in [-0.2, 0) is 18.3 Å². The second-order valence-electron chi connectivity index (χ2n) is 3.96. The van der Waals surface area contributed by atoms with Crippen molar-refractivity contribution in [2.75, 3.05) is 19.8 Å². The number of halogens is 1. The number of ether oxygens (including phenoxy) is 1. The van der Waals surface area contributed by atoms with E-state index in [1.54, 1.807) is 6.66 Å². The highest BCUT2D eigenvalue weighted by atomic mass is 31.2. The predicted molar refractivity (Wildman–Crippen MR) is 61.1 cm³/mol. The SMILES string of the molecule is [B][C@@H]1O[C@@]2(CNP(=O)(O)OC2)C(OPC)[C@@H]1F. The summed E-state index contributed by atoms with van der Waals surface area (Å²) in [5, 5.41) is 2.29. The molecule has 2 saturated heterocycles. The van der Waals surface area contributed by atoms with Crippen LogP contribution in [0.15, 0.2) is 0 Å². The molecule has 2 aliphatic heterocycles. The van der Waals surface area contributed by atoms with E-state index < -0.39 is 31.6 Å². The molecule has 2 fully saturated rings. The molecule has 17 heavy (non-hydrogen) atoms. The fourth-order valence-corrected chi connectivity index (χ4v) is 3.50. The Bertz CT molecular complexity index is 336. The Morgan fingerprint density at radius 3 is 3.00 bits per heavy atom. The monoisotopic (exact) mass is 283 g/mol. The van der Waals surface area contributed by atoms with Gasteiger partial charge in [-0.1, -0.05) is 0 Å². The first-order valence-corrected chi connectivity index (χ1v) is 8.01. The van der Waals surface area contributed by atoms with Crippen molar-refractivity contribution in [2.45, 2.75) is 23.9 Å². The summed E-state index contributed by atoms with van der Waals surface area (Å²) in [5.74, 6) is 0. The molecular formula is C7H13BFNO5P2. The van der Waals surface area contributed by atoms with Gasteiger partial charge in [-0.3, -0.25) is 4.52 Å². The number of alkyl halides is 1. The lowest BCUT2D eigenvalue weighted by atomic mass is 9.90. The molecule has 0 aromatic rings. The van der Waals surface area contributed by atoms with Gasteiger partial charge in [-0.15, -0.1) is 0 Å².